The van der Waals surface area contributed by atoms with Crippen LogP contribution in [0.4, 0.5) is 0 Å². The SMILES string of the molecule is CCc1c(C#N)cnn1-c1cccc(OC)c1. The molecule has 0 fully saturated rings. The standard InChI is InChI=1S/C13H13N3O/c1-3-13-10(8-14)9-15-16(13)11-5-4-6-12(7-11)17-2/h4-7,9H,3H2,1-2H3. The fraction of sp³-hybridized carbons (Fsp3) is 0.231. The molecule has 0 saturated heterocycles. The highest BCUT2D eigenvalue weighted by Gasteiger charge is 2.10. The van der Waals surface area contributed by atoms with Crippen molar-refractivity contribution in [2.45, 2.75) is 13.3 Å². The normalized spacial score (nSPS) is 9.94. The lowest BCUT2D eigenvalue weighted by molar-refractivity contribution is 0.414. The van der Waals surface area contributed by atoms with E-state index in [4.69, 9.17) is 10.00 Å². The van der Waals surface area contributed by atoms with Gasteiger partial charge in [-0.05, 0) is 18.6 Å². The van der Waals surface area contributed by atoms with E-state index in [-0.39, 0.29) is 0 Å². The minimum absolute atomic E-state index is 0.621. The number of rotatable bonds is 3. The molecule has 1 aromatic heterocycles. The van der Waals surface area contributed by atoms with Gasteiger partial charge < -0.3 is 4.74 Å². The summed E-state index contributed by atoms with van der Waals surface area (Å²) in [7, 11) is 1.63. The Bertz CT molecular complexity index is 566. The molecule has 0 N–H and O–H groups in total. The first-order valence-corrected chi connectivity index (χ1v) is 5.41. The van der Waals surface area contributed by atoms with Gasteiger partial charge in [0.05, 0.1) is 30.3 Å². The highest BCUT2D eigenvalue weighted by atomic mass is 16.5. The zero-order valence-corrected chi connectivity index (χ0v) is 9.84. The Morgan fingerprint density at radius 1 is 1.47 bits per heavy atom. The number of hydrogen-bond donors (Lipinski definition) is 0. The summed E-state index contributed by atoms with van der Waals surface area (Å²) < 4.78 is 6.96. The van der Waals surface area contributed by atoms with Crippen LogP contribution in [0, 0.1) is 11.3 Å². The predicted octanol–water partition coefficient (Wildman–Crippen LogP) is 2.31. The topological polar surface area (TPSA) is 50.8 Å². The molecular formula is C13H13N3O. The van der Waals surface area contributed by atoms with Gasteiger partial charge in [0, 0.05) is 6.07 Å². The van der Waals surface area contributed by atoms with Crippen LogP contribution < -0.4 is 4.74 Å². The lowest BCUT2D eigenvalue weighted by Gasteiger charge is -2.07. The highest BCUT2D eigenvalue weighted by Crippen LogP contribution is 2.19. The van der Waals surface area contributed by atoms with Crippen molar-refractivity contribution in [3.05, 3.63) is 41.7 Å². The number of nitriles is 1. The van der Waals surface area contributed by atoms with E-state index in [1.165, 1.54) is 0 Å². The molecule has 17 heavy (non-hydrogen) atoms. The molecule has 4 heteroatoms. The second-order valence-electron chi connectivity index (χ2n) is 3.58. The van der Waals surface area contributed by atoms with Crippen LogP contribution in [0.3, 0.4) is 0 Å². The summed E-state index contributed by atoms with van der Waals surface area (Å²) in [5, 5.41) is 13.2. The van der Waals surface area contributed by atoms with Crippen LogP contribution in [0.2, 0.25) is 0 Å². The first-order valence-electron chi connectivity index (χ1n) is 5.41. The molecule has 0 atom stereocenters. The number of methoxy groups -OCH3 is 1. The van der Waals surface area contributed by atoms with Crippen LogP contribution in [0.1, 0.15) is 18.2 Å². The average Bonchev–Trinajstić information content (AvgIpc) is 2.81. The molecule has 1 aromatic carbocycles. The highest BCUT2D eigenvalue weighted by molar-refractivity contribution is 5.43. The number of ether oxygens (including phenoxy) is 1. The Labute approximate surface area is 100 Å². The van der Waals surface area contributed by atoms with E-state index in [1.807, 2.05) is 31.2 Å². The van der Waals surface area contributed by atoms with Crippen molar-refractivity contribution < 1.29 is 4.74 Å². The monoisotopic (exact) mass is 227 g/mol. The molecule has 0 aliphatic carbocycles. The van der Waals surface area contributed by atoms with Crippen molar-refractivity contribution >= 4 is 0 Å². The zero-order valence-electron chi connectivity index (χ0n) is 9.84. The summed E-state index contributed by atoms with van der Waals surface area (Å²) in [6, 6.07) is 9.77. The molecule has 86 valence electrons. The molecule has 0 spiro atoms. The fourth-order valence-electron chi connectivity index (χ4n) is 1.77. The van der Waals surface area contributed by atoms with Gasteiger partial charge in [0.2, 0.25) is 0 Å². The van der Waals surface area contributed by atoms with Crippen LogP contribution in [0.15, 0.2) is 30.5 Å². The first kappa shape index (κ1) is 11.2. The molecule has 0 unspecified atom stereocenters. The van der Waals surface area contributed by atoms with E-state index < -0.39 is 0 Å². The summed E-state index contributed by atoms with van der Waals surface area (Å²) in [5.41, 5.74) is 2.44. The summed E-state index contributed by atoms with van der Waals surface area (Å²) in [5.74, 6) is 0.776. The van der Waals surface area contributed by atoms with Gasteiger partial charge in [-0.2, -0.15) is 10.4 Å². The summed E-state index contributed by atoms with van der Waals surface area (Å²) >= 11 is 0. The molecule has 0 saturated carbocycles. The van der Waals surface area contributed by atoms with E-state index >= 15 is 0 Å². The second-order valence-corrected chi connectivity index (χ2v) is 3.58. The minimum atomic E-state index is 0.621. The van der Waals surface area contributed by atoms with Crippen molar-refractivity contribution in [1.82, 2.24) is 9.78 Å². The van der Waals surface area contributed by atoms with Crippen molar-refractivity contribution in [3.63, 3.8) is 0 Å². The van der Waals surface area contributed by atoms with Crippen molar-refractivity contribution in [3.8, 4) is 17.5 Å². The Kier molecular flexibility index (Phi) is 3.10. The number of nitrogens with zero attached hydrogens (tertiary/aromatic N) is 3. The van der Waals surface area contributed by atoms with Crippen molar-refractivity contribution in [1.29, 1.82) is 5.26 Å². The van der Waals surface area contributed by atoms with Crippen LogP contribution >= 0.6 is 0 Å². The second kappa shape index (κ2) is 4.71. The van der Waals surface area contributed by atoms with Gasteiger partial charge in [0.15, 0.2) is 0 Å². The fourth-order valence-corrected chi connectivity index (χ4v) is 1.77. The van der Waals surface area contributed by atoms with E-state index in [0.717, 1.165) is 23.6 Å². The lowest BCUT2D eigenvalue weighted by Crippen LogP contribution is -2.02. The Hall–Kier alpha value is -2.28. The molecule has 0 aliphatic heterocycles. The van der Waals surface area contributed by atoms with E-state index in [0.29, 0.717) is 5.56 Å². The minimum Gasteiger partial charge on any atom is -0.497 e. The van der Waals surface area contributed by atoms with E-state index in [9.17, 15) is 0 Å². The summed E-state index contributed by atoms with van der Waals surface area (Å²) in [4.78, 5) is 0. The van der Waals surface area contributed by atoms with Gasteiger partial charge >= 0.3 is 0 Å². The number of aromatic nitrogens is 2. The van der Waals surface area contributed by atoms with Gasteiger partial charge in [-0.25, -0.2) is 4.68 Å². The first-order chi connectivity index (χ1) is 8.30. The number of hydrogen-bond acceptors (Lipinski definition) is 3. The lowest BCUT2D eigenvalue weighted by atomic mass is 10.2. The molecular weight excluding hydrogens is 214 g/mol. The smallest absolute Gasteiger partial charge is 0.121 e. The van der Waals surface area contributed by atoms with Crippen molar-refractivity contribution in [2.24, 2.45) is 0 Å². The van der Waals surface area contributed by atoms with Crippen LogP contribution in [0.5, 0.6) is 5.75 Å². The van der Waals surface area contributed by atoms with E-state index in [2.05, 4.69) is 11.2 Å². The van der Waals surface area contributed by atoms with Crippen LogP contribution in [-0.2, 0) is 6.42 Å². The van der Waals surface area contributed by atoms with Crippen LogP contribution in [0.25, 0.3) is 5.69 Å². The number of benzene rings is 1. The molecule has 2 aromatic rings. The molecule has 0 amide bonds. The molecule has 4 nitrogen and oxygen atoms in total. The summed E-state index contributed by atoms with van der Waals surface area (Å²) in [6.45, 7) is 2.01. The van der Waals surface area contributed by atoms with Gasteiger partial charge in [-0.1, -0.05) is 13.0 Å². The Morgan fingerprint density at radius 2 is 2.29 bits per heavy atom. The molecule has 0 bridgehead atoms. The molecule has 0 aliphatic rings. The van der Waals surface area contributed by atoms with Gasteiger partial charge in [0.25, 0.3) is 0 Å². The molecule has 2 rings (SSSR count). The Balaban J connectivity index is 2.53. The zero-order chi connectivity index (χ0) is 12.3. The molecule has 1 heterocycles. The largest absolute Gasteiger partial charge is 0.497 e. The maximum Gasteiger partial charge on any atom is 0.121 e. The quantitative estimate of drug-likeness (QED) is 0.808. The third-order valence-electron chi connectivity index (χ3n) is 2.62. The van der Waals surface area contributed by atoms with E-state index in [1.54, 1.807) is 18.0 Å². The third-order valence-corrected chi connectivity index (χ3v) is 2.62. The average molecular weight is 227 g/mol. The van der Waals surface area contributed by atoms with Crippen molar-refractivity contribution in [2.75, 3.05) is 7.11 Å². The van der Waals surface area contributed by atoms with Gasteiger partial charge in [0.1, 0.15) is 11.8 Å². The van der Waals surface area contributed by atoms with Gasteiger partial charge in [-0.15, -0.1) is 0 Å². The van der Waals surface area contributed by atoms with Gasteiger partial charge in [-0.3, -0.25) is 0 Å². The maximum atomic E-state index is 8.98. The third kappa shape index (κ3) is 2.00. The predicted molar refractivity (Wildman–Crippen MR) is 64.2 cm³/mol. The van der Waals surface area contributed by atoms with Crippen LogP contribution in [-0.4, -0.2) is 16.9 Å². The molecule has 0 radical (unpaired) electrons. The summed E-state index contributed by atoms with van der Waals surface area (Å²) in [6.07, 6.45) is 2.36. The maximum absolute atomic E-state index is 8.98. The Morgan fingerprint density at radius 3 is 2.94 bits per heavy atom.